The molecule has 47 heavy (non-hydrogen) atoms. The molecule has 0 fully saturated rings. The van der Waals surface area contributed by atoms with Crippen LogP contribution in [0.2, 0.25) is 5.02 Å². The van der Waals surface area contributed by atoms with E-state index in [1.807, 2.05) is 91.9 Å². The van der Waals surface area contributed by atoms with E-state index in [9.17, 15) is 9.59 Å². The Kier molecular flexibility index (Phi) is 9.56. The Hall–Kier alpha value is -5.12. The van der Waals surface area contributed by atoms with Crippen LogP contribution in [0.1, 0.15) is 36.6 Å². The molecule has 1 atom stereocenters. The zero-order valence-electron chi connectivity index (χ0n) is 26.0. The van der Waals surface area contributed by atoms with Gasteiger partial charge >= 0.3 is 0 Å². The van der Waals surface area contributed by atoms with Gasteiger partial charge in [-0.25, -0.2) is 4.99 Å². The van der Waals surface area contributed by atoms with Crippen LogP contribution >= 0.6 is 22.9 Å². The third-order valence-electron chi connectivity index (χ3n) is 7.65. The summed E-state index contributed by atoms with van der Waals surface area (Å²) >= 11 is 7.63. The molecular weight excluding hydrogens is 634 g/mol. The monoisotopic (exact) mass is 665 g/mol. The lowest BCUT2D eigenvalue weighted by Crippen LogP contribution is -2.40. The topological polar surface area (TPSA) is 91.2 Å². The van der Waals surface area contributed by atoms with Crippen molar-refractivity contribution in [2.24, 2.45) is 4.99 Å². The Morgan fingerprint density at radius 1 is 0.979 bits per heavy atom. The molecule has 4 aromatic carbocycles. The van der Waals surface area contributed by atoms with Crippen LogP contribution in [0.15, 0.2) is 118 Å². The van der Waals surface area contributed by atoms with Crippen molar-refractivity contribution >= 4 is 40.6 Å². The SMILES string of the molecule is CCOc1ccc([C@H]2C(C(=O)Nc3ccccc3)=C(C)N=c3s/c(=C\c4cccc(OC)c4OCc4ccccc4Cl)c(=O)n32)cc1. The number of nitrogens with zero attached hydrogens (tertiary/aromatic N) is 2. The molecule has 1 aliphatic rings. The number of rotatable bonds is 10. The number of benzene rings is 4. The van der Waals surface area contributed by atoms with E-state index in [2.05, 4.69) is 5.32 Å². The maximum Gasteiger partial charge on any atom is 0.271 e. The van der Waals surface area contributed by atoms with Crippen LogP contribution in [0.5, 0.6) is 17.2 Å². The van der Waals surface area contributed by atoms with Crippen molar-refractivity contribution in [2.75, 3.05) is 19.0 Å². The number of anilines is 1. The fourth-order valence-electron chi connectivity index (χ4n) is 5.43. The standard InChI is InChI=1S/C37H32ClN3O5S/c1-4-45-28-19-17-24(18-20-28)33-32(35(42)40-27-13-6-5-7-14-27)23(2)39-37-41(33)36(43)31(47-37)21-25-12-10-16-30(44-3)34(25)46-22-26-11-8-9-15-29(26)38/h5-21,33H,4,22H2,1-3H3,(H,40,42)/b31-21-/t33-/m0/s1. The van der Waals surface area contributed by atoms with Gasteiger partial charge in [-0.1, -0.05) is 83.6 Å². The molecule has 0 radical (unpaired) electrons. The first-order valence-electron chi connectivity index (χ1n) is 15.0. The summed E-state index contributed by atoms with van der Waals surface area (Å²) in [4.78, 5) is 33.4. The Balaban J connectivity index is 1.46. The van der Waals surface area contributed by atoms with E-state index < -0.39 is 6.04 Å². The number of amides is 1. The van der Waals surface area contributed by atoms with E-state index in [0.717, 1.165) is 11.1 Å². The molecule has 1 N–H and O–H groups in total. The van der Waals surface area contributed by atoms with Gasteiger partial charge in [0.15, 0.2) is 16.3 Å². The molecule has 2 heterocycles. The number of aromatic nitrogens is 1. The molecule has 0 bridgehead atoms. The van der Waals surface area contributed by atoms with E-state index in [4.69, 9.17) is 30.8 Å². The zero-order valence-corrected chi connectivity index (χ0v) is 27.6. The molecule has 0 aliphatic carbocycles. The van der Waals surface area contributed by atoms with Gasteiger partial charge in [-0.15, -0.1) is 0 Å². The minimum absolute atomic E-state index is 0.207. The fraction of sp³-hybridized carbons (Fsp3) is 0.162. The summed E-state index contributed by atoms with van der Waals surface area (Å²) in [5.41, 5.74) is 3.47. The van der Waals surface area contributed by atoms with Gasteiger partial charge in [0.2, 0.25) is 0 Å². The maximum atomic E-state index is 14.3. The van der Waals surface area contributed by atoms with Crippen LogP contribution in [-0.4, -0.2) is 24.2 Å². The lowest BCUT2D eigenvalue weighted by atomic mass is 9.95. The van der Waals surface area contributed by atoms with Crippen molar-refractivity contribution in [3.05, 3.63) is 150 Å². The van der Waals surface area contributed by atoms with E-state index in [0.29, 0.717) is 60.7 Å². The van der Waals surface area contributed by atoms with Crippen LogP contribution < -0.4 is 34.4 Å². The predicted octanol–water partition coefficient (Wildman–Crippen LogP) is 6.51. The highest BCUT2D eigenvalue weighted by atomic mass is 35.5. The number of hydrogen-bond donors (Lipinski definition) is 1. The molecule has 0 unspecified atom stereocenters. The summed E-state index contributed by atoms with van der Waals surface area (Å²) < 4.78 is 19.5. The van der Waals surface area contributed by atoms with Gasteiger partial charge in [0.1, 0.15) is 12.4 Å². The van der Waals surface area contributed by atoms with E-state index >= 15 is 0 Å². The van der Waals surface area contributed by atoms with Crippen molar-refractivity contribution in [2.45, 2.75) is 26.5 Å². The highest BCUT2D eigenvalue weighted by Gasteiger charge is 2.32. The van der Waals surface area contributed by atoms with Crippen molar-refractivity contribution in [1.82, 2.24) is 4.57 Å². The second kappa shape index (κ2) is 14.1. The first-order valence-corrected chi connectivity index (χ1v) is 16.2. The van der Waals surface area contributed by atoms with Gasteiger partial charge in [-0.05, 0) is 61.9 Å². The van der Waals surface area contributed by atoms with Gasteiger partial charge in [-0.3, -0.25) is 14.2 Å². The molecule has 0 saturated carbocycles. The number of hydrogen-bond acceptors (Lipinski definition) is 7. The lowest BCUT2D eigenvalue weighted by Gasteiger charge is -2.25. The van der Waals surface area contributed by atoms with Crippen LogP contribution in [0.25, 0.3) is 6.08 Å². The predicted molar refractivity (Wildman–Crippen MR) is 185 cm³/mol. The van der Waals surface area contributed by atoms with Gasteiger partial charge in [0.25, 0.3) is 11.5 Å². The Morgan fingerprint density at radius 2 is 1.72 bits per heavy atom. The molecule has 1 aliphatic heterocycles. The number of ether oxygens (including phenoxy) is 3. The summed E-state index contributed by atoms with van der Waals surface area (Å²) in [6.45, 7) is 4.44. The molecular formula is C37H32ClN3O5S. The number of thiazole rings is 1. The number of halogens is 1. The van der Waals surface area contributed by atoms with Crippen LogP contribution in [-0.2, 0) is 11.4 Å². The summed E-state index contributed by atoms with van der Waals surface area (Å²) in [5.74, 6) is 1.35. The third kappa shape index (κ3) is 6.72. The summed E-state index contributed by atoms with van der Waals surface area (Å²) in [6, 6.07) is 28.9. The molecule has 10 heteroatoms. The quantitative estimate of drug-likeness (QED) is 0.184. The minimum Gasteiger partial charge on any atom is -0.494 e. The molecule has 238 valence electrons. The molecule has 1 amide bonds. The Labute approximate surface area is 280 Å². The molecule has 8 nitrogen and oxygen atoms in total. The van der Waals surface area contributed by atoms with Crippen molar-refractivity contribution < 1.29 is 19.0 Å². The molecule has 0 spiro atoms. The highest BCUT2D eigenvalue weighted by Crippen LogP contribution is 2.34. The number of para-hydroxylation sites is 2. The zero-order chi connectivity index (χ0) is 32.9. The molecule has 6 rings (SSSR count). The number of carbonyl (C=O) groups is 1. The maximum absolute atomic E-state index is 14.3. The largest absolute Gasteiger partial charge is 0.494 e. The average molecular weight is 666 g/mol. The summed E-state index contributed by atoms with van der Waals surface area (Å²) in [7, 11) is 1.57. The Bertz CT molecular complexity index is 2140. The smallest absolute Gasteiger partial charge is 0.271 e. The number of methoxy groups -OCH3 is 1. The third-order valence-corrected chi connectivity index (χ3v) is 9.00. The second-order valence-electron chi connectivity index (χ2n) is 10.7. The van der Waals surface area contributed by atoms with Gasteiger partial charge in [0, 0.05) is 21.8 Å². The first kappa shape index (κ1) is 31.8. The van der Waals surface area contributed by atoms with E-state index in [-0.39, 0.29) is 18.1 Å². The minimum atomic E-state index is -0.728. The van der Waals surface area contributed by atoms with Crippen LogP contribution in [0.4, 0.5) is 5.69 Å². The highest BCUT2D eigenvalue weighted by molar-refractivity contribution is 7.07. The van der Waals surface area contributed by atoms with E-state index in [1.165, 1.54) is 11.3 Å². The van der Waals surface area contributed by atoms with Crippen molar-refractivity contribution in [3.8, 4) is 17.2 Å². The molecule has 1 aromatic heterocycles. The van der Waals surface area contributed by atoms with Crippen LogP contribution in [0, 0.1) is 0 Å². The van der Waals surface area contributed by atoms with E-state index in [1.54, 1.807) is 36.8 Å². The number of fused-ring (bicyclic) bond motifs is 1. The summed E-state index contributed by atoms with van der Waals surface area (Å²) in [6.07, 6.45) is 1.77. The fourth-order valence-corrected chi connectivity index (χ4v) is 6.66. The second-order valence-corrected chi connectivity index (χ2v) is 12.1. The summed E-state index contributed by atoms with van der Waals surface area (Å²) in [5, 5.41) is 3.57. The molecule has 0 saturated heterocycles. The lowest BCUT2D eigenvalue weighted by molar-refractivity contribution is -0.113. The Morgan fingerprint density at radius 3 is 2.45 bits per heavy atom. The molecule has 5 aromatic rings. The van der Waals surface area contributed by atoms with Gasteiger partial charge in [-0.2, -0.15) is 0 Å². The number of nitrogens with one attached hydrogen (secondary N) is 1. The number of carbonyl (C=O) groups excluding carboxylic acids is 1. The van der Waals surface area contributed by atoms with Crippen molar-refractivity contribution in [3.63, 3.8) is 0 Å². The average Bonchev–Trinajstić information content (AvgIpc) is 3.38. The normalized spacial score (nSPS) is 14.3. The van der Waals surface area contributed by atoms with Gasteiger partial charge in [0.05, 0.1) is 35.6 Å². The van der Waals surface area contributed by atoms with Crippen LogP contribution in [0.3, 0.4) is 0 Å². The first-order chi connectivity index (χ1) is 22.9. The number of allylic oxidation sites excluding steroid dienone is 1. The van der Waals surface area contributed by atoms with Gasteiger partial charge < -0.3 is 19.5 Å². The van der Waals surface area contributed by atoms with Crippen molar-refractivity contribution in [1.29, 1.82) is 0 Å².